The summed E-state index contributed by atoms with van der Waals surface area (Å²) in [5, 5.41) is 5.79. The number of anilines is 3. The molecule has 0 bridgehead atoms. The fraction of sp³-hybridized carbons (Fsp3) is 0.231. The van der Waals surface area contributed by atoms with Crippen molar-refractivity contribution in [1.29, 1.82) is 0 Å². The van der Waals surface area contributed by atoms with Gasteiger partial charge in [0.05, 0.1) is 5.69 Å². The van der Waals surface area contributed by atoms with Crippen LogP contribution in [0.2, 0.25) is 0 Å². The average molecular weight is 312 g/mol. The van der Waals surface area contributed by atoms with E-state index in [4.69, 9.17) is 5.73 Å². The minimum atomic E-state index is -1.12. The number of carbonyl (C=O) groups is 1. The Balaban J connectivity index is 2.20. The molecule has 2 rings (SSSR count). The second-order valence-electron chi connectivity index (χ2n) is 4.59. The largest absolute Gasteiger partial charge is 0.382 e. The number of hydrogen-bond donors (Lipinski definition) is 3. The number of nitrogens with one attached hydrogen (secondary N) is 2. The summed E-state index contributed by atoms with van der Waals surface area (Å²) in [5.41, 5.74) is 5.43. The van der Waals surface area contributed by atoms with E-state index < -0.39 is 17.5 Å². The van der Waals surface area contributed by atoms with Crippen LogP contribution in [0.3, 0.4) is 0 Å². The summed E-state index contributed by atoms with van der Waals surface area (Å²) in [4.78, 5) is 16.2. The summed E-state index contributed by atoms with van der Waals surface area (Å²) >= 11 is 1.05. The van der Waals surface area contributed by atoms with Crippen molar-refractivity contribution in [2.24, 2.45) is 0 Å². The van der Waals surface area contributed by atoms with Gasteiger partial charge in [-0.3, -0.25) is 4.79 Å². The second kappa shape index (κ2) is 6.04. The minimum absolute atomic E-state index is 0.0393. The van der Waals surface area contributed by atoms with Crippen molar-refractivity contribution in [1.82, 2.24) is 4.98 Å². The van der Waals surface area contributed by atoms with Gasteiger partial charge in [0.25, 0.3) is 5.91 Å². The zero-order valence-electron chi connectivity index (χ0n) is 11.4. The first kappa shape index (κ1) is 15.2. The van der Waals surface area contributed by atoms with Gasteiger partial charge in [-0.1, -0.05) is 17.4 Å². The van der Waals surface area contributed by atoms with Crippen LogP contribution in [0.25, 0.3) is 0 Å². The first-order chi connectivity index (χ1) is 9.88. The third-order valence-electron chi connectivity index (χ3n) is 2.47. The van der Waals surface area contributed by atoms with Crippen molar-refractivity contribution in [2.45, 2.75) is 19.9 Å². The Morgan fingerprint density at radius 3 is 2.76 bits per heavy atom. The van der Waals surface area contributed by atoms with E-state index in [1.807, 2.05) is 13.8 Å². The van der Waals surface area contributed by atoms with Gasteiger partial charge in [0, 0.05) is 6.04 Å². The number of rotatable bonds is 4. The lowest BCUT2D eigenvalue weighted by atomic mass is 10.3. The number of hydrogen-bond acceptors (Lipinski definition) is 5. The molecule has 21 heavy (non-hydrogen) atoms. The molecule has 0 unspecified atom stereocenters. The number of benzene rings is 1. The van der Waals surface area contributed by atoms with Gasteiger partial charge in [0.2, 0.25) is 0 Å². The van der Waals surface area contributed by atoms with Crippen molar-refractivity contribution in [3.63, 3.8) is 0 Å². The number of carbonyl (C=O) groups excluding carboxylic acids is 1. The molecule has 0 fully saturated rings. The molecule has 1 aromatic heterocycles. The number of nitrogens with two attached hydrogens (primary N) is 1. The summed E-state index contributed by atoms with van der Waals surface area (Å²) in [7, 11) is 0. The molecule has 1 aromatic carbocycles. The van der Waals surface area contributed by atoms with Gasteiger partial charge in [-0.05, 0) is 26.0 Å². The maximum absolute atomic E-state index is 13.5. The van der Waals surface area contributed by atoms with Crippen molar-refractivity contribution >= 4 is 33.9 Å². The van der Waals surface area contributed by atoms with Gasteiger partial charge in [0.15, 0.2) is 16.8 Å². The van der Waals surface area contributed by atoms with E-state index in [-0.39, 0.29) is 22.4 Å². The quantitative estimate of drug-likeness (QED) is 0.810. The van der Waals surface area contributed by atoms with E-state index in [0.29, 0.717) is 5.13 Å². The molecule has 8 heteroatoms. The van der Waals surface area contributed by atoms with Crippen LogP contribution < -0.4 is 16.4 Å². The van der Waals surface area contributed by atoms with Crippen LogP contribution in [-0.4, -0.2) is 16.9 Å². The summed E-state index contributed by atoms with van der Waals surface area (Å²) in [5.74, 6) is -2.74. The van der Waals surface area contributed by atoms with Gasteiger partial charge in [-0.15, -0.1) is 0 Å². The van der Waals surface area contributed by atoms with Crippen molar-refractivity contribution < 1.29 is 13.6 Å². The molecule has 2 aromatic rings. The SMILES string of the molecule is CC(C)Nc1nc(N)c(C(=O)Nc2cccc(F)c2F)s1. The lowest BCUT2D eigenvalue weighted by Gasteiger charge is -2.05. The Labute approximate surface area is 124 Å². The minimum Gasteiger partial charge on any atom is -0.382 e. The number of amides is 1. The van der Waals surface area contributed by atoms with Crippen LogP contribution in [0.4, 0.5) is 25.4 Å². The Morgan fingerprint density at radius 2 is 2.10 bits per heavy atom. The summed E-state index contributed by atoms with van der Waals surface area (Å²) in [6, 6.07) is 3.67. The van der Waals surface area contributed by atoms with Crippen LogP contribution in [0.5, 0.6) is 0 Å². The maximum atomic E-state index is 13.5. The lowest BCUT2D eigenvalue weighted by molar-refractivity contribution is 0.103. The molecule has 0 atom stereocenters. The molecular formula is C13H14F2N4OS. The van der Waals surface area contributed by atoms with E-state index in [9.17, 15) is 13.6 Å². The third kappa shape index (κ3) is 3.46. The van der Waals surface area contributed by atoms with Crippen LogP contribution >= 0.6 is 11.3 Å². The monoisotopic (exact) mass is 312 g/mol. The highest BCUT2D eigenvalue weighted by Gasteiger charge is 2.18. The van der Waals surface area contributed by atoms with Gasteiger partial charge in [0.1, 0.15) is 10.7 Å². The molecule has 5 nitrogen and oxygen atoms in total. The molecule has 0 saturated heterocycles. The molecule has 112 valence electrons. The zero-order chi connectivity index (χ0) is 15.6. The van der Waals surface area contributed by atoms with Crippen molar-refractivity contribution in [3.8, 4) is 0 Å². The zero-order valence-corrected chi connectivity index (χ0v) is 12.2. The summed E-state index contributed by atoms with van der Waals surface area (Å²) < 4.78 is 26.6. The van der Waals surface area contributed by atoms with Gasteiger partial charge >= 0.3 is 0 Å². The second-order valence-corrected chi connectivity index (χ2v) is 5.59. The third-order valence-corrected chi connectivity index (χ3v) is 3.47. The highest BCUT2D eigenvalue weighted by Crippen LogP contribution is 2.27. The Kier molecular flexibility index (Phi) is 4.37. The Bertz CT molecular complexity index is 672. The van der Waals surface area contributed by atoms with Crippen molar-refractivity contribution in [3.05, 3.63) is 34.7 Å². The van der Waals surface area contributed by atoms with Crippen LogP contribution in [0.1, 0.15) is 23.5 Å². The predicted octanol–water partition coefficient (Wildman–Crippen LogP) is 3.08. The average Bonchev–Trinajstić information content (AvgIpc) is 2.75. The van der Waals surface area contributed by atoms with Crippen LogP contribution in [0, 0.1) is 11.6 Å². The van der Waals surface area contributed by atoms with E-state index >= 15 is 0 Å². The molecule has 1 amide bonds. The first-order valence-electron chi connectivity index (χ1n) is 6.16. The molecule has 0 radical (unpaired) electrons. The molecule has 0 spiro atoms. The molecule has 1 heterocycles. The number of halogens is 2. The van der Waals surface area contributed by atoms with Crippen LogP contribution in [0.15, 0.2) is 18.2 Å². The number of aromatic nitrogens is 1. The molecular weight excluding hydrogens is 298 g/mol. The molecule has 0 aliphatic heterocycles. The standard InChI is InChI=1S/C13H14F2N4OS/c1-6(2)17-13-19-11(16)10(21-13)12(20)18-8-5-3-4-7(14)9(8)15/h3-6H,16H2,1-2H3,(H,17,19)(H,18,20). The fourth-order valence-corrected chi connectivity index (χ4v) is 2.51. The smallest absolute Gasteiger partial charge is 0.269 e. The number of thiazole rings is 1. The molecule has 0 aliphatic rings. The van der Waals surface area contributed by atoms with Gasteiger partial charge < -0.3 is 16.4 Å². The normalized spacial score (nSPS) is 10.7. The van der Waals surface area contributed by atoms with E-state index in [1.54, 1.807) is 0 Å². The maximum Gasteiger partial charge on any atom is 0.269 e. The van der Waals surface area contributed by atoms with E-state index in [1.165, 1.54) is 12.1 Å². The van der Waals surface area contributed by atoms with Gasteiger partial charge in [-0.2, -0.15) is 0 Å². The Morgan fingerprint density at radius 1 is 1.38 bits per heavy atom. The number of nitrogen functional groups attached to an aromatic ring is 1. The highest BCUT2D eigenvalue weighted by molar-refractivity contribution is 7.18. The number of nitrogens with zero attached hydrogens (tertiary/aromatic N) is 1. The van der Waals surface area contributed by atoms with E-state index in [2.05, 4.69) is 15.6 Å². The van der Waals surface area contributed by atoms with Gasteiger partial charge in [-0.25, -0.2) is 13.8 Å². The Hall–Kier alpha value is -2.22. The van der Waals surface area contributed by atoms with Crippen molar-refractivity contribution in [2.75, 3.05) is 16.4 Å². The topological polar surface area (TPSA) is 80.0 Å². The predicted molar refractivity (Wildman–Crippen MR) is 79.6 cm³/mol. The first-order valence-corrected chi connectivity index (χ1v) is 6.98. The van der Waals surface area contributed by atoms with E-state index in [0.717, 1.165) is 17.4 Å². The fourth-order valence-electron chi connectivity index (χ4n) is 1.58. The van der Waals surface area contributed by atoms with Crippen LogP contribution in [-0.2, 0) is 0 Å². The summed E-state index contributed by atoms with van der Waals surface area (Å²) in [6.07, 6.45) is 0. The highest BCUT2D eigenvalue weighted by atomic mass is 32.1. The summed E-state index contributed by atoms with van der Waals surface area (Å²) in [6.45, 7) is 3.83. The molecule has 0 saturated carbocycles. The molecule has 4 N–H and O–H groups in total. The molecule has 0 aliphatic carbocycles. The lowest BCUT2D eigenvalue weighted by Crippen LogP contribution is -2.13.